The Labute approximate surface area is 98.9 Å². The van der Waals surface area contributed by atoms with E-state index in [-0.39, 0.29) is 23.4 Å². The molecule has 0 saturated heterocycles. The first-order valence-corrected chi connectivity index (χ1v) is 5.62. The first-order chi connectivity index (χ1) is 7.59. The van der Waals surface area contributed by atoms with E-state index in [0.717, 1.165) is 0 Å². The second-order valence-corrected chi connectivity index (χ2v) is 4.54. The van der Waals surface area contributed by atoms with E-state index in [1.165, 1.54) is 6.07 Å². The van der Waals surface area contributed by atoms with Crippen molar-refractivity contribution in [2.75, 3.05) is 0 Å². The number of carbonyl (C=O) groups is 1. The zero-order valence-electron chi connectivity index (χ0n) is 8.91. The highest BCUT2D eigenvalue weighted by Crippen LogP contribution is 2.37. The van der Waals surface area contributed by atoms with Crippen molar-refractivity contribution < 1.29 is 9.18 Å². The number of hydrogen-bond acceptors (Lipinski definition) is 1. The molecule has 0 fully saturated rings. The molecule has 0 N–H and O–H groups in total. The van der Waals surface area contributed by atoms with Gasteiger partial charge in [-0.25, -0.2) is 4.39 Å². The molecule has 2 rings (SSSR count). The lowest BCUT2D eigenvalue weighted by atomic mass is 9.79. The van der Waals surface area contributed by atoms with Crippen LogP contribution in [-0.4, -0.2) is 5.78 Å². The van der Waals surface area contributed by atoms with E-state index in [1.54, 1.807) is 18.2 Å². The van der Waals surface area contributed by atoms with Gasteiger partial charge in [0.05, 0.1) is 0 Å². The van der Waals surface area contributed by atoms with Crippen molar-refractivity contribution in [1.82, 2.24) is 0 Å². The van der Waals surface area contributed by atoms with E-state index in [1.807, 2.05) is 13.0 Å². The fourth-order valence-electron chi connectivity index (χ4n) is 2.09. The van der Waals surface area contributed by atoms with Crippen molar-refractivity contribution in [3.8, 4) is 0 Å². The molecule has 0 amide bonds. The molecule has 0 radical (unpaired) electrons. The number of ketones is 1. The van der Waals surface area contributed by atoms with Gasteiger partial charge >= 0.3 is 0 Å². The van der Waals surface area contributed by atoms with Crippen LogP contribution in [0.3, 0.4) is 0 Å². The summed E-state index contributed by atoms with van der Waals surface area (Å²) in [6.07, 6.45) is 3.72. The van der Waals surface area contributed by atoms with Gasteiger partial charge in [-0.15, -0.1) is 0 Å². The molecule has 16 heavy (non-hydrogen) atoms. The monoisotopic (exact) mass is 238 g/mol. The highest BCUT2D eigenvalue weighted by molar-refractivity contribution is 6.31. The van der Waals surface area contributed by atoms with Crippen LogP contribution >= 0.6 is 11.6 Å². The molecular weight excluding hydrogens is 227 g/mol. The Balaban J connectivity index is 2.44. The van der Waals surface area contributed by atoms with Gasteiger partial charge in [0.15, 0.2) is 5.78 Å². The van der Waals surface area contributed by atoms with Crippen LogP contribution in [0.25, 0.3) is 0 Å². The average molecular weight is 239 g/mol. The van der Waals surface area contributed by atoms with Gasteiger partial charge in [0.2, 0.25) is 0 Å². The predicted molar refractivity (Wildman–Crippen MR) is 62.1 cm³/mol. The van der Waals surface area contributed by atoms with Crippen LogP contribution in [0.4, 0.5) is 4.39 Å². The molecule has 0 aliphatic heterocycles. The van der Waals surface area contributed by atoms with Gasteiger partial charge in [-0.1, -0.05) is 30.7 Å². The summed E-state index contributed by atoms with van der Waals surface area (Å²) in [5.74, 6) is -0.312. The summed E-state index contributed by atoms with van der Waals surface area (Å²) in [5.41, 5.74) is 0.467. The van der Waals surface area contributed by atoms with Crippen molar-refractivity contribution >= 4 is 17.4 Å². The van der Waals surface area contributed by atoms with E-state index in [9.17, 15) is 9.18 Å². The van der Waals surface area contributed by atoms with E-state index >= 15 is 0 Å². The van der Waals surface area contributed by atoms with Crippen LogP contribution in [0.15, 0.2) is 30.4 Å². The lowest BCUT2D eigenvalue weighted by Crippen LogP contribution is -2.18. The van der Waals surface area contributed by atoms with Crippen molar-refractivity contribution in [2.45, 2.75) is 19.3 Å². The number of allylic oxidation sites excluding steroid dienone is 2. The lowest BCUT2D eigenvalue weighted by molar-refractivity contribution is -0.115. The molecule has 84 valence electrons. The van der Waals surface area contributed by atoms with Gasteiger partial charge in [-0.05, 0) is 24.1 Å². The van der Waals surface area contributed by atoms with Crippen LogP contribution in [0, 0.1) is 11.7 Å². The normalized spacial score (nSPS) is 24.8. The molecule has 0 unspecified atom stereocenters. The maximum absolute atomic E-state index is 13.7. The van der Waals surface area contributed by atoms with Gasteiger partial charge < -0.3 is 0 Å². The minimum absolute atomic E-state index is 0.0300. The number of halogens is 2. The molecular formula is C13H12ClFO. The van der Waals surface area contributed by atoms with Crippen molar-refractivity contribution in [1.29, 1.82) is 0 Å². The molecule has 0 saturated carbocycles. The quantitative estimate of drug-likeness (QED) is 0.729. The van der Waals surface area contributed by atoms with Gasteiger partial charge in [-0.3, -0.25) is 4.79 Å². The molecule has 0 heterocycles. The highest BCUT2D eigenvalue weighted by Gasteiger charge is 2.27. The fourth-order valence-corrected chi connectivity index (χ4v) is 2.40. The highest BCUT2D eigenvalue weighted by atomic mass is 35.5. The zero-order chi connectivity index (χ0) is 11.7. The van der Waals surface area contributed by atoms with Crippen LogP contribution in [-0.2, 0) is 4.79 Å². The third kappa shape index (κ3) is 2.03. The summed E-state index contributed by atoms with van der Waals surface area (Å²) < 4.78 is 13.7. The molecule has 1 aliphatic rings. The molecule has 2 atom stereocenters. The van der Waals surface area contributed by atoms with E-state index in [2.05, 4.69) is 0 Å². The van der Waals surface area contributed by atoms with Crippen molar-refractivity contribution in [3.63, 3.8) is 0 Å². The second kappa shape index (κ2) is 4.38. The molecule has 1 aromatic carbocycles. The van der Waals surface area contributed by atoms with Crippen molar-refractivity contribution in [2.24, 2.45) is 5.92 Å². The topological polar surface area (TPSA) is 17.1 Å². The van der Waals surface area contributed by atoms with Crippen LogP contribution in [0.5, 0.6) is 0 Å². The summed E-state index contributed by atoms with van der Waals surface area (Å²) in [4.78, 5) is 11.4. The van der Waals surface area contributed by atoms with Crippen LogP contribution in [0.2, 0.25) is 5.02 Å². The number of rotatable bonds is 1. The maximum atomic E-state index is 13.7. The molecule has 1 aromatic rings. The Morgan fingerprint density at radius 1 is 1.44 bits per heavy atom. The first kappa shape index (κ1) is 11.3. The molecule has 3 heteroatoms. The maximum Gasteiger partial charge on any atom is 0.156 e. The van der Waals surface area contributed by atoms with Crippen molar-refractivity contribution in [3.05, 3.63) is 46.8 Å². The second-order valence-electron chi connectivity index (χ2n) is 4.13. The number of hydrogen-bond donors (Lipinski definition) is 0. The Bertz CT molecular complexity index is 433. The van der Waals surface area contributed by atoms with Crippen LogP contribution < -0.4 is 0 Å². The van der Waals surface area contributed by atoms with E-state index in [0.29, 0.717) is 17.0 Å². The molecule has 1 aliphatic carbocycles. The van der Waals surface area contributed by atoms with Gasteiger partial charge in [0, 0.05) is 22.9 Å². The fraction of sp³-hybridized carbons (Fsp3) is 0.308. The minimum Gasteiger partial charge on any atom is -0.295 e. The van der Waals surface area contributed by atoms with Gasteiger partial charge in [0.25, 0.3) is 0 Å². The molecule has 1 nitrogen and oxygen atoms in total. The minimum atomic E-state index is -0.326. The van der Waals surface area contributed by atoms with E-state index in [4.69, 9.17) is 11.6 Å². The summed E-state index contributed by atoms with van der Waals surface area (Å²) >= 11 is 6.00. The Morgan fingerprint density at radius 2 is 2.19 bits per heavy atom. The molecule has 0 bridgehead atoms. The Hall–Kier alpha value is -1.15. The molecule has 0 aromatic heterocycles. The number of benzene rings is 1. The summed E-state index contributed by atoms with van der Waals surface area (Å²) in [6.45, 7) is 1.97. The predicted octanol–water partition coefficient (Wildman–Crippen LogP) is 3.73. The van der Waals surface area contributed by atoms with Gasteiger partial charge in [-0.2, -0.15) is 0 Å². The third-order valence-electron chi connectivity index (χ3n) is 3.01. The summed E-state index contributed by atoms with van der Waals surface area (Å²) in [5, 5.41) is 0.403. The largest absolute Gasteiger partial charge is 0.295 e. The SMILES string of the molecule is C[C@H]1C=CC(=O)C[C@H]1c1c(F)cccc1Cl. The van der Waals surface area contributed by atoms with E-state index < -0.39 is 0 Å². The first-order valence-electron chi connectivity index (χ1n) is 5.24. The summed E-state index contributed by atoms with van der Waals surface area (Å²) in [7, 11) is 0. The van der Waals surface area contributed by atoms with Crippen LogP contribution in [0.1, 0.15) is 24.8 Å². The van der Waals surface area contributed by atoms with Gasteiger partial charge in [0.1, 0.15) is 5.82 Å². The Kier molecular flexibility index (Phi) is 3.10. The molecule has 0 spiro atoms. The standard InChI is InChI=1S/C13H12ClFO/c1-8-5-6-9(16)7-10(8)13-11(14)3-2-4-12(13)15/h2-6,8,10H,7H2,1H3/t8-,10+/m0/s1. The third-order valence-corrected chi connectivity index (χ3v) is 3.34. The smallest absolute Gasteiger partial charge is 0.156 e. The summed E-state index contributed by atoms with van der Waals surface area (Å²) in [6, 6.07) is 4.62. The number of carbonyl (C=O) groups excluding carboxylic acids is 1. The average Bonchev–Trinajstić information content (AvgIpc) is 2.23. The Morgan fingerprint density at radius 3 is 2.88 bits per heavy atom. The lowest BCUT2D eigenvalue weighted by Gasteiger charge is -2.25. The zero-order valence-corrected chi connectivity index (χ0v) is 9.67.